The van der Waals surface area contributed by atoms with E-state index < -0.39 is 0 Å². The molecule has 0 aliphatic heterocycles. The van der Waals surface area contributed by atoms with Gasteiger partial charge in [0.1, 0.15) is 5.82 Å². The van der Waals surface area contributed by atoms with Crippen molar-refractivity contribution in [3.8, 4) is 0 Å². The number of nitrogens with two attached hydrogens (primary N) is 1. The van der Waals surface area contributed by atoms with Crippen molar-refractivity contribution in [2.75, 3.05) is 11.1 Å². The van der Waals surface area contributed by atoms with Gasteiger partial charge in [0.2, 0.25) is 0 Å². The molecule has 0 radical (unpaired) electrons. The minimum atomic E-state index is 0.287. The van der Waals surface area contributed by atoms with E-state index in [4.69, 9.17) is 5.73 Å². The van der Waals surface area contributed by atoms with E-state index >= 15 is 0 Å². The Bertz CT molecular complexity index is 570. The summed E-state index contributed by atoms with van der Waals surface area (Å²) < 4.78 is 1.95. The predicted molar refractivity (Wildman–Crippen MR) is 80.3 cm³/mol. The van der Waals surface area contributed by atoms with Gasteiger partial charge in [0, 0.05) is 12.6 Å². The van der Waals surface area contributed by atoms with E-state index in [9.17, 15) is 0 Å². The molecule has 2 aromatic rings. The molecule has 0 amide bonds. The smallest absolute Gasteiger partial charge is 0.148 e. The summed E-state index contributed by atoms with van der Waals surface area (Å²) in [6.45, 7) is 9.02. The number of aryl methyl sites for hydroxylation is 2. The molecule has 2 rings (SSSR count). The van der Waals surface area contributed by atoms with Gasteiger partial charge in [0.15, 0.2) is 0 Å². The predicted octanol–water partition coefficient (Wildman–Crippen LogP) is 3.28. The van der Waals surface area contributed by atoms with Gasteiger partial charge in [-0.25, -0.2) is 4.68 Å². The second kappa shape index (κ2) is 5.34. The Kier molecular flexibility index (Phi) is 3.79. The van der Waals surface area contributed by atoms with Gasteiger partial charge < -0.3 is 11.1 Å². The first-order valence-electron chi connectivity index (χ1n) is 6.63. The number of nitrogens with one attached hydrogen (secondary N) is 1. The molecule has 1 aromatic heterocycles. The lowest BCUT2D eigenvalue weighted by Gasteiger charge is -2.14. The van der Waals surface area contributed by atoms with Gasteiger partial charge in [-0.2, -0.15) is 5.10 Å². The molecule has 1 aromatic carbocycles. The first-order chi connectivity index (χ1) is 9.00. The van der Waals surface area contributed by atoms with Gasteiger partial charge >= 0.3 is 0 Å². The van der Waals surface area contributed by atoms with Crippen LogP contribution in [0.4, 0.5) is 11.5 Å². The Morgan fingerprint density at radius 1 is 1.26 bits per heavy atom. The third kappa shape index (κ3) is 2.72. The molecule has 0 saturated heterocycles. The third-order valence-electron chi connectivity index (χ3n) is 3.33. The van der Waals surface area contributed by atoms with Crippen molar-refractivity contribution in [3.05, 3.63) is 41.1 Å². The first kappa shape index (κ1) is 13.5. The maximum Gasteiger partial charge on any atom is 0.148 e. The quantitative estimate of drug-likeness (QED) is 0.885. The van der Waals surface area contributed by atoms with Crippen molar-refractivity contribution >= 4 is 11.5 Å². The second-order valence-electron chi connectivity index (χ2n) is 5.17. The van der Waals surface area contributed by atoms with E-state index in [2.05, 4.69) is 55.5 Å². The average molecular weight is 258 g/mol. The van der Waals surface area contributed by atoms with E-state index in [-0.39, 0.29) is 6.04 Å². The summed E-state index contributed by atoms with van der Waals surface area (Å²) in [6.07, 6.45) is 0. The van der Waals surface area contributed by atoms with Crippen molar-refractivity contribution in [2.24, 2.45) is 0 Å². The maximum atomic E-state index is 6.10. The van der Waals surface area contributed by atoms with Crippen LogP contribution in [0.1, 0.15) is 36.7 Å². The van der Waals surface area contributed by atoms with E-state index in [1.54, 1.807) is 0 Å². The molecule has 0 bridgehead atoms. The zero-order chi connectivity index (χ0) is 14.0. The molecule has 102 valence electrons. The molecule has 0 fully saturated rings. The minimum absolute atomic E-state index is 0.287. The van der Waals surface area contributed by atoms with Crippen molar-refractivity contribution in [1.82, 2.24) is 9.78 Å². The van der Waals surface area contributed by atoms with Crippen molar-refractivity contribution < 1.29 is 0 Å². The molecule has 0 aliphatic carbocycles. The summed E-state index contributed by atoms with van der Waals surface area (Å²) in [5, 5.41) is 7.89. The van der Waals surface area contributed by atoms with Gasteiger partial charge in [0.05, 0.1) is 11.4 Å². The molecule has 0 spiro atoms. The Hall–Kier alpha value is -1.97. The van der Waals surface area contributed by atoms with Gasteiger partial charge in [-0.05, 0) is 38.8 Å². The topological polar surface area (TPSA) is 55.9 Å². The SMILES string of the molecule is Cc1ccccc1CNc1c(N)c(C)nn1C(C)C. The zero-order valence-electron chi connectivity index (χ0n) is 12.1. The normalized spacial score (nSPS) is 11.0. The van der Waals surface area contributed by atoms with Crippen LogP contribution in [-0.2, 0) is 6.54 Å². The summed E-state index contributed by atoms with van der Waals surface area (Å²) in [7, 11) is 0. The average Bonchev–Trinajstić information content (AvgIpc) is 2.65. The lowest BCUT2D eigenvalue weighted by atomic mass is 10.1. The van der Waals surface area contributed by atoms with Crippen molar-refractivity contribution in [2.45, 2.75) is 40.3 Å². The van der Waals surface area contributed by atoms with Crippen LogP contribution in [0.3, 0.4) is 0 Å². The molecular weight excluding hydrogens is 236 g/mol. The van der Waals surface area contributed by atoms with E-state index in [1.165, 1.54) is 11.1 Å². The number of nitrogens with zero attached hydrogens (tertiary/aromatic N) is 2. The van der Waals surface area contributed by atoms with Crippen LogP contribution in [0.5, 0.6) is 0 Å². The highest BCUT2D eigenvalue weighted by molar-refractivity contribution is 5.65. The molecule has 19 heavy (non-hydrogen) atoms. The van der Waals surface area contributed by atoms with Crippen LogP contribution in [0, 0.1) is 13.8 Å². The van der Waals surface area contributed by atoms with E-state index in [0.29, 0.717) is 0 Å². The van der Waals surface area contributed by atoms with Crippen LogP contribution >= 0.6 is 0 Å². The number of hydrogen-bond donors (Lipinski definition) is 2. The largest absolute Gasteiger partial charge is 0.394 e. The fourth-order valence-electron chi connectivity index (χ4n) is 2.10. The molecule has 0 unspecified atom stereocenters. The van der Waals surface area contributed by atoms with Crippen LogP contribution in [-0.4, -0.2) is 9.78 Å². The second-order valence-corrected chi connectivity index (χ2v) is 5.17. The summed E-state index contributed by atoms with van der Waals surface area (Å²) in [4.78, 5) is 0. The molecule has 3 N–H and O–H groups in total. The molecule has 0 saturated carbocycles. The van der Waals surface area contributed by atoms with Crippen molar-refractivity contribution in [3.63, 3.8) is 0 Å². The van der Waals surface area contributed by atoms with Gasteiger partial charge in [-0.3, -0.25) is 0 Å². The lowest BCUT2D eigenvalue weighted by Crippen LogP contribution is -2.11. The third-order valence-corrected chi connectivity index (χ3v) is 3.33. The standard InChI is InChI=1S/C15H22N4/c1-10(2)19-15(14(16)12(4)18-19)17-9-13-8-6-5-7-11(13)3/h5-8,10,17H,9,16H2,1-4H3. The fourth-order valence-corrected chi connectivity index (χ4v) is 2.10. The Morgan fingerprint density at radius 3 is 2.58 bits per heavy atom. The highest BCUT2D eigenvalue weighted by Gasteiger charge is 2.14. The highest BCUT2D eigenvalue weighted by atomic mass is 15.4. The van der Waals surface area contributed by atoms with Crippen LogP contribution in [0.2, 0.25) is 0 Å². The van der Waals surface area contributed by atoms with E-state index in [1.807, 2.05) is 11.6 Å². The van der Waals surface area contributed by atoms with Gasteiger partial charge in [-0.15, -0.1) is 0 Å². The van der Waals surface area contributed by atoms with Crippen molar-refractivity contribution in [1.29, 1.82) is 0 Å². The Labute approximate surface area is 114 Å². The number of rotatable bonds is 4. The Morgan fingerprint density at radius 2 is 1.95 bits per heavy atom. The summed E-state index contributed by atoms with van der Waals surface area (Å²) in [5.41, 5.74) is 10.3. The molecule has 4 nitrogen and oxygen atoms in total. The zero-order valence-corrected chi connectivity index (χ0v) is 12.1. The molecule has 1 heterocycles. The number of benzene rings is 1. The molecule has 4 heteroatoms. The number of aromatic nitrogens is 2. The number of hydrogen-bond acceptors (Lipinski definition) is 3. The number of anilines is 2. The summed E-state index contributed by atoms with van der Waals surface area (Å²) >= 11 is 0. The van der Waals surface area contributed by atoms with E-state index in [0.717, 1.165) is 23.7 Å². The Balaban J connectivity index is 2.22. The summed E-state index contributed by atoms with van der Waals surface area (Å²) in [6, 6.07) is 8.64. The van der Waals surface area contributed by atoms with Gasteiger partial charge in [0.25, 0.3) is 0 Å². The van der Waals surface area contributed by atoms with Crippen LogP contribution < -0.4 is 11.1 Å². The first-order valence-corrected chi connectivity index (χ1v) is 6.63. The summed E-state index contributed by atoms with van der Waals surface area (Å²) in [5.74, 6) is 0.913. The fraction of sp³-hybridized carbons (Fsp3) is 0.400. The van der Waals surface area contributed by atoms with Crippen LogP contribution in [0.15, 0.2) is 24.3 Å². The highest BCUT2D eigenvalue weighted by Crippen LogP contribution is 2.26. The molecular formula is C15H22N4. The molecule has 0 aliphatic rings. The maximum absolute atomic E-state index is 6.10. The van der Waals surface area contributed by atoms with Gasteiger partial charge in [-0.1, -0.05) is 24.3 Å². The monoisotopic (exact) mass is 258 g/mol. The van der Waals surface area contributed by atoms with Crippen LogP contribution in [0.25, 0.3) is 0 Å². The number of nitrogen functional groups attached to an aromatic ring is 1. The molecule has 0 atom stereocenters. The lowest BCUT2D eigenvalue weighted by molar-refractivity contribution is 0.534. The minimum Gasteiger partial charge on any atom is -0.394 e.